The number of aromatic nitrogens is 3. The van der Waals surface area contributed by atoms with E-state index >= 15 is 0 Å². The van der Waals surface area contributed by atoms with Gasteiger partial charge in [-0.2, -0.15) is 9.61 Å². The number of fused-ring (bicyclic) bond motifs is 1. The van der Waals surface area contributed by atoms with Crippen molar-refractivity contribution in [2.45, 2.75) is 27.2 Å². The Hall–Kier alpha value is -2.47. The summed E-state index contributed by atoms with van der Waals surface area (Å²) in [6.07, 6.45) is 0.919. The number of halogens is 1. The second-order valence-corrected chi connectivity index (χ2v) is 5.95. The van der Waals surface area contributed by atoms with Gasteiger partial charge in [0, 0.05) is 42.6 Å². The minimum atomic E-state index is -0.256. The van der Waals surface area contributed by atoms with Gasteiger partial charge in [0.15, 0.2) is 5.65 Å². The molecular formula is C19H23FN4O. The van der Waals surface area contributed by atoms with E-state index in [1.807, 2.05) is 31.4 Å². The van der Waals surface area contributed by atoms with Crippen molar-refractivity contribution in [3.8, 4) is 11.3 Å². The van der Waals surface area contributed by atoms with Crippen LogP contribution in [0.4, 0.5) is 10.2 Å². The Bertz CT molecular complexity index is 858. The number of ether oxygens (including phenoxy) is 1. The van der Waals surface area contributed by atoms with E-state index in [1.54, 1.807) is 12.1 Å². The molecule has 0 amide bonds. The molecule has 0 aliphatic rings. The summed E-state index contributed by atoms with van der Waals surface area (Å²) in [7, 11) is 0. The lowest BCUT2D eigenvalue weighted by Gasteiger charge is -2.13. The Kier molecular flexibility index (Phi) is 5.28. The first-order chi connectivity index (χ1) is 12.1. The number of rotatable bonds is 7. The van der Waals surface area contributed by atoms with Crippen LogP contribution in [0.3, 0.4) is 0 Å². The third-order valence-corrected chi connectivity index (χ3v) is 4.18. The molecule has 0 bridgehead atoms. The molecule has 6 heteroatoms. The van der Waals surface area contributed by atoms with Crippen LogP contribution < -0.4 is 5.32 Å². The first-order valence-electron chi connectivity index (χ1n) is 8.54. The fourth-order valence-electron chi connectivity index (χ4n) is 2.70. The van der Waals surface area contributed by atoms with Crippen LogP contribution in [0.25, 0.3) is 16.9 Å². The topological polar surface area (TPSA) is 51.5 Å². The van der Waals surface area contributed by atoms with Crippen LogP contribution in [-0.4, -0.2) is 34.4 Å². The summed E-state index contributed by atoms with van der Waals surface area (Å²) in [6, 6.07) is 8.26. The van der Waals surface area contributed by atoms with E-state index < -0.39 is 0 Å². The highest BCUT2D eigenvalue weighted by atomic mass is 19.1. The zero-order valence-corrected chi connectivity index (χ0v) is 14.8. The summed E-state index contributed by atoms with van der Waals surface area (Å²) >= 11 is 0. The van der Waals surface area contributed by atoms with Gasteiger partial charge >= 0.3 is 0 Å². The van der Waals surface area contributed by atoms with E-state index in [9.17, 15) is 4.39 Å². The highest BCUT2D eigenvalue weighted by Gasteiger charge is 2.13. The standard InChI is InChI=1S/C19H23FN4O/c1-4-25-11-5-10-21-19-13(2)14(3)22-18-12-17(23-24(18)19)15-6-8-16(20)9-7-15/h6-9,12,21H,4-5,10-11H2,1-3H3. The second-order valence-electron chi connectivity index (χ2n) is 5.95. The molecule has 0 saturated carbocycles. The average Bonchev–Trinajstić information content (AvgIpc) is 3.02. The van der Waals surface area contributed by atoms with Crippen molar-refractivity contribution in [1.29, 1.82) is 0 Å². The summed E-state index contributed by atoms with van der Waals surface area (Å²) in [4.78, 5) is 4.62. The molecule has 0 atom stereocenters. The number of hydrogen-bond donors (Lipinski definition) is 1. The van der Waals surface area contributed by atoms with Gasteiger partial charge in [-0.1, -0.05) is 0 Å². The van der Waals surface area contributed by atoms with E-state index in [-0.39, 0.29) is 5.82 Å². The largest absolute Gasteiger partial charge is 0.382 e. The monoisotopic (exact) mass is 342 g/mol. The van der Waals surface area contributed by atoms with E-state index in [0.29, 0.717) is 0 Å². The Labute approximate surface area is 146 Å². The van der Waals surface area contributed by atoms with Crippen LogP contribution in [0.2, 0.25) is 0 Å². The normalized spacial score (nSPS) is 11.2. The van der Waals surface area contributed by atoms with E-state index in [4.69, 9.17) is 4.74 Å². The maximum absolute atomic E-state index is 13.1. The summed E-state index contributed by atoms with van der Waals surface area (Å²) in [6.45, 7) is 8.28. The average molecular weight is 342 g/mol. The van der Waals surface area contributed by atoms with Gasteiger partial charge < -0.3 is 10.1 Å². The van der Waals surface area contributed by atoms with Crippen LogP contribution in [0.5, 0.6) is 0 Å². The Morgan fingerprint density at radius 2 is 1.96 bits per heavy atom. The van der Waals surface area contributed by atoms with Gasteiger partial charge in [0.25, 0.3) is 0 Å². The van der Waals surface area contributed by atoms with Crippen molar-refractivity contribution in [2.75, 3.05) is 25.1 Å². The van der Waals surface area contributed by atoms with Gasteiger partial charge in [-0.05, 0) is 51.5 Å². The Morgan fingerprint density at radius 1 is 1.20 bits per heavy atom. The van der Waals surface area contributed by atoms with Gasteiger partial charge in [0.2, 0.25) is 0 Å². The third kappa shape index (κ3) is 3.79. The Balaban J connectivity index is 1.92. The summed E-state index contributed by atoms with van der Waals surface area (Å²) in [5, 5.41) is 8.12. The molecule has 132 valence electrons. The number of benzene rings is 1. The van der Waals surface area contributed by atoms with Crippen LogP contribution in [-0.2, 0) is 4.74 Å². The lowest BCUT2D eigenvalue weighted by atomic mass is 10.1. The minimum absolute atomic E-state index is 0.256. The molecule has 0 unspecified atom stereocenters. The summed E-state index contributed by atoms with van der Waals surface area (Å²) < 4.78 is 20.3. The molecule has 0 aliphatic carbocycles. The summed E-state index contributed by atoms with van der Waals surface area (Å²) in [5.74, 6) is 0.682. The van der Waals surface area contributed by atoms with E-state index in [1.165, 1.54) is 12.1 Å². The first-order valence-corrected chi connectivity index (χ1v) is 8.54. The van der Waals surface area contributed by atoms with Gasteiger partial charge in [-0.3, -0.25) is 0 Å². The SMILES string of the molecule is CCOCCCNc1c(C)c(C)nc2cc(-c3ccc(F)cc3)nn12. The van der Waals surface area contributed by atoms with E-state index in [0.717, 1.165) is 60.2 Å². The molecular weight excluding hydrogens is 319 g/mol. The zero-order chi connectivity index (χ0) is 17.8. The van der Waals surface area contributed by atoms with Gasteiger partial charge in [-0.25, -0.2) is 9.37 Å². The van der Waals surface area contributed by atoms with E-state index in [2.05, 4.69) is 15.4 Å². The van der Waals surface area contributed by atoms with Crippen molar-refractivity contribution in [2.24, 2.45) is 0 Å². The predicted octanol–water partition coefficient (Wildman–Crippen LogP) is 3.99. The van der Waals surface area contributed by atoms with Crippen molar-refractivity contribution in [3.05, 3.63) is 47.4 Å². The third-order valence-electron chi connectivity index (χ3n) is 4.18. The summed E-state index contributed by atoms with van der Waals surface area (Å²) in [5.41, 5.74) is 4.44. The number of nitrogens with zero attached hydrogens (tertiary/aromatic N) is 3. The molecule has 0 fully saturated rings. The Morgan fingerprint density at radius 3 is 2.68 bits per heavy atom. The predicted molar refractivity (Wildman–Crippen MR) is 97.5 cm³/mol. The fraction of sp³-hybridized carbons (Fsp3) is 0.368. The van der Waals surface area contributed by atoms with Crippen molar-refractivity contribution in [1.82, 2.24) is 14.6 Å². The molecule has 1 aromatic carbocycles. The van der Waals surface area contributed by atoms with Crippen molar-refractivity contribution in [3.63, 3.8) is 0 Å². The first kappa shape index (κ1) is 17.4. The molecule has 0 saturated heterocycles. The number of anilines is 1. The molecule has 1 N–H and O–H groups in total. The molecule has 3 aromatic rings. The van der Waals surface area contributed by atoms with Crippen LogP contribution >= 0.6 is 0 Å². The van der Waals surface area contributed by atoms with Crippen molar-refractivity contribution >= 4 is 11.5 Å². The molecule has 2 heterocycles. The maximum Gasteiger partial charge on any atom is 0.158 e. The molecule has 0 aliphatic heterocycles. The quantitative estimate of drug-likeness (QED) is 0.660. The number of hydrogen-bond acceptors (Lipinski definition) is 4. The minimum Gasteiger partial charge on any atom is -0.382 e. The molecule has 0 radical (unpaired) electrons. The molecule has 5 nitrogen and oxygen atoms in total. The molecule has 0 spiro atoms. The lowest BCUT2D eigenvalue weighted by Crippen LogP contribution is -2.12. The lowest BCUT2D eigenvalue weighted by molar-refractivity contribution is 0.147. The molecule has 2 aromatic heterocycles. The molecule has 3 rings (SSSR count). The van der Waals surface area contributed by atoms with Crippen LogP contribution in [0.1, 0.15) is 24.6 Å². The van der Waals surface area contributed by atoms with Gasteiger partial charge in [0.05, 0.1) is 5.69 Å². The van der Waals surface area contributed by atoms with Gasteiger partial charge in [-0.15, -0.1) is 0 Å². The second kappa shape index (κ2) is 7.61. The zero-order valence-electron chi connectivity index (χ0n) is 14.8. The highest BCUT2D eigenvalue weighted by Crippen LogP contribution is 2.24. The van der Waals surface area contributed by atoms with Crippen LogP contribution in [0.15, 0.2) is 30.3 Å². The van der Waals surface area contributed by atoms with Crippen LogP contribution in [0, 0.1) is 19.7 Å². The smallest absolute Gasteiger partial charge is 0.158 e. The molecule has 25 heavy (non-hydrogen) atoms. The number of aryl methyl sites for hydroxylation is 1. The maximum atomic E-state index is 13.1. The highest BCUT2D eigenvalue weighted by molar-refractivity contribution is 5.66. The fourth-order valence-corrected chi connectivity index (χ4v) is 2.70. The number of nitrogens with one attached hydrogen (secondary N) is 1. The van der Waals surface area contributed by atoms with Gasteiger partial charge in [0.1, 0.15) is 11.6 Å². The van der Waals surface area contributed by atoms with Crippen molar-refractivity contribution < 1.29 is 9.13 Å².